The summed E-state index contributed by atoms with van der Waals surface area (Å²) in [6.45, 7) is 11.1. The zero-order valence-electron chi connectivity index (χ0n) is 13.0. The summed E-state index contributed by atoms with van der Waals surface area (Å²) in [6, 6.07) is 0.262. The molecule has 2 atom stereocenters. The molecule has 1 unspecified atom stereocenters. The molecule has 3 N–H and O–H groups in total. The molecule has 0 radical (unpaired) electrons. The van der Waals surface area contributed by atoms with Crippen molar-refractivity contribution in [3.8, 4) is 0 Å². The molecule has 0 spiro atoms. The normalized spacial score (nSPS) is 23.1. The molecule has 112 valence electrons. The highest BCUT2D eigenvalue weighted by Gasteiger charge is 2.27. The standard InChI is InChI=1S/C15H31N3O/c1-5-12-8-6-7-10-18(12)11-9-17-14(19)13(16)15(2,3)4/h12-13H,5-11,16H2,1-4H3,(H,17,19)/t12?,13-/m1/s1. The van der Waals surface area contributed by atoms with Crippen molar-refractivity contribution in [3.63, 3.8) is 0 Å². The lowest BCUT2D eigenvalue weighted by Crippen LogP contribution is -2.51. The lowest BCUT2D eigenvalue weighted by Gasteiger charge is -2.35. The Hall–Kier alpha value is -0.610. The monoisotopic (exact) mass is 269 g/mol. The summed E-state index contributed by atoms with van der Waals surface area (Å²) in [4.78, 5) is 14.4. The van der Waals surface area contributed by atoms with Gasteiger partial charge >= 0.3 is 0 Å². The smallest absolute Gasteiger partial charge is 0.237 e. The number of rotatable bonds is 5. The van der Waals surface area contributed by atoms with E-state index in [4.69, 9.17) is 5.73 Å². The van der Waals surface area contributed by atoms with Crippen molar-refractivity contribution >= 4 is 5.91 Å². The average molecular weight is 269 g/mol. The van der Waals surface area contributed by atoms with E-state index in [0.29, 0.717) is 12.6 Å². The topological polar surface area (TPSA) is 58.4 Å². The molecule has 4 nitrogen and oxygen atoms in total. The summed E-state index contributed by atoms with van der Waals surface area (Å²) < 4.78 is 0. The van der Waals surface area contributed by atoms with Crippen LogP contribution in [-0.2, 0) is 4.79 Å². The Morgan fingerprint density at radius 1 is 1.42 bits per heavy atom. The van der Waals surface area contributed by atoms with E-state index < -0.39 is 6.04 Å². The highest BCUT2D eigenvalue weighted by molar-refractivity contribution is 5.82. The van der Waals surface area contributed by atoms with Gasteiger partial charge in [0.15, 0.2) is 0 Å². The SMILES string of the molecule is CCC1CCCCN1CCNC(=O)[C@@H](N)C(C)(C)C. The second-order valence-corrected chi connectivity index (χ2v) is 6.73. The van der Waals surface area contributed by atoms with Gasteiger partial charge in [-0.25, -0.2) is 0 Å². The Bertz CT molecular complexity index is 286. The van der Waals surface area contributed by atoms with Crippen molar-refractivity contribution in [1.29, 1.82) is 0 Å². The summed E-state index contributed by atoms with van der Waals surface area (Å²) in [5.74, 6) is -0.0300. The van der Waals surface area contributed by atoms with Crippen LogP contribution in [0.1, 0.15) is 53.4 Å². The molecule has 1 amide bonds. The van der Waals surface area contributed by atoms with Gasteiger partial charge in [-0.1, -0.05) is 34.1 Å². The first-order valence-corrected chi connectivity index (χ1v) is 7.63. The van der Waals surface area contributed by atoms with Crippen LogP contribution in [0.25, 0.3) is 0 Å². The molecule has 1 rings (SSSR count). The molecular formula is C15H31N3O. The van der Waals surface area contributed by atoms with Gasteiger partial charge in [0, 0.05) is 19.1 Å². The van der Waals surface area contributed by atoms with Crippen molar-refractivity contribution in [3.05, 3.63) is 0 Å². The van der Waals surface area contributed by atoms with Crippen LogP contribution in [0.5, 0.6) is 0 Å². The minimum absolute atomic E-state index is 0.0300. The van der Waals surface area contributed by atoms with Crippen LogP contribution < -0.4 is 11.1 Å². The zero-order chi connectivity index (χ0) is 14.5. The highest BCUT2D eigenvalue weighted by atomic mass is 16.2. The van der Waals surface area contributed by atoms with Crippen LogP contribution in [-0.4, -0.2) is 42.5 Å². The molecule has 0 aliphatic carbocycles. The summed E-state index contributed by atoms with van der Waals surface area (Å²) in [6.07, 6.45) is 5.13. The number of nitrogens with two attached hydrogens (primary N) is 1. The molecule has 1 saturated heterocycles. The van der Waals surface area contributed by atoms with Gasteiger partial charge in [-0.2, -0.15) is 0 Å². The fourth-order valence-corrected chi connectivity index (χ4v) is 2.64. The average Bonchev–Trinajstić information content (AvgIpc) is 2.37. The molecule has 19 heavy (non-hydrogen) atoms. The molecule has 0 saturated carbocycles. The van der Waals surface area contributed by atoms with E-state index in [0.717, 1.165) is 6.54 Å². The fourth-order valence-electron chi connectivity index (χ4n) is 2.64. The highest BCUT2D eigenvalue weighted by Crippen LogP contribution is 2.19. The van der Waals surface area contributed by atoms with Crippen molar-refractivity contribution < 1.29 is 4.79 Å². The van der Waals surface area contributed by atoms with Crippen molar-refractivity contribution in [2.75, 3.05) is 19.6 Å². The number of nitrogens with zero attached hydrogens (tertiary/aromatic N) is 1. The lowest BCUT2D eigenvalue weighted by molar-refractivity contribution is -0.124. The predicted octanol–water partition coefficient (Wildman–Crippen LogP) is 1.74. The third-order valence-electron chi connectivity index (χ3n) is 4.13. The number of carbonyl (C=O) groups excluding carboxylic acids is 1. The fraction of sp³-hybridized carbons (Fsp3) is 0.933. The molecule has 0 bridgehead atoms. The van der Waals surface area contributed by atoms with Gasteiger partial charge < -0.3 is 11.1 Å². The van der Waals surface area contributed by atoms with E-state index in [9.17, 15) is 4.79 Å². The van der Waals surface area contributed by atoms with E-state index in [1.165, 1.54) is 32.2 Å². The van der Waals surface area contributed by atoms with Crippen molar-refractivity contribution in [1.82, 2.24) is 10.2 Å². The van der Waals surface area contributed by atoms with Gasteiger partial charge in [-0.15, -0.1) is 0 Å². The second kappa shape index (κ2) is 7.25. The second-order valence-electron chi connectivity index (χ2n) is 6.73. The molecule has 0 aromatic heterocycles. The number of piperidine rings is 1. The summed E-state index contributed by atoms with van der Waals surface area (Å²) in [5.41, 5.74) is 5.76. The van der Waals surface area contributed by atoms with Crippen LogP contribution in [0, 0.1) is 5.41 Å². The molecule has 1 heterocycles. The van der Waals surface area contributed by atoms with E-state index in [1.54, 1.807) is 0 Å². The first-order valence-electron chi connectivity index (χ1n) is 7.63. The number of nitrogens with one attached hydrogen (secondary N) is 1. The minimum atomic E-state index is -0.434. The van der Waals surface area contributed by atoms with E-state index >= 15 is 0 Å². The first kappa shape index (κ1) is 16.4. The van der Waals surface area contributed by atoms with Gasteiger partial charge in [-0.05, 0) is 31.2 Å². The van der Waals surface area contributed by atoms with E-state index in [-0.39, 0.29) is 11.3 Å². The Kier molecular flexibility index (Phi) is 6.27. The zero-order valence-corrected chi connectivity index (χ0v) is 13.0. The largest absolute Gasteiger partial charge is 0.353 e. The number of amides is 1. The molecule has 1 fully saturated rings. The van der Waals surface area contributed by atoms with Crippen molar-refractivity contribution in [2.45, 2.75) is 65.5 Å². The molecule has 4 heteroatoms. The summed E-state index contributed by atoms with van der Waals surface area (Å²) >= 11 is 0. The maximum Gasteiger partial charge on any atom is 0.237 e. The van der Waals surface area contributed by atoms with Crippen molar-refractivity contribution in [2.24, 2.45) is 11.1 Å². The summed E-state index contributed by atoms with van der Waals surface area (Å²) in [7, 11) is 0. The van der Waals surface area contributed by atoms with Crippen LogP contribution >= 0.6 is 0 Å². The molecular weight excluding hydrogens is 238 g/mol. The maximum absolute atomic E-state index is 11.9. The minimum Gasteiger partial charge on any atom is -0.353 e. The van der Waals surface area contributed by atoms with E-state index in [2.05, 4.69) is 17.1 Å². The van der Waals surface area contributed by atoms with Gasteiger partial charge in [0.05, 0.1) is 6.04 Å². The van der Waals surface area contributed by atoms with Gasteiger partial charge in [0.25, 0.3) is 0 Å². The van der Waals surface area contributed by atoms with Crippen LogP contribution in [0.2, 0.25) is 0 Å². The third-order valence-corrected chi connectivity index (χ3v) is 4.13. The maximum atomic E-state index is 11.9. The quantitative estimate of drug-likeness (QED) is 0.799. The first-order chi connectivity index (χ1) is 8.86. The molecule has 0 aromatic carbocycles. The molecule has 1 aliphatic heterocycles. The van der Waals surface area contributed by atoms with Gasteiger partial charge in [0.2, 0.25) is 5.91 Å². The lowest BCUT2D eigenvalue weighted by atomic mass is 9.87. The van der Waals surface area contributed by atoms with Gasteiger partial charge in [0.1, 0.15) is 0 Å². The summed E-state index contributed by atoms with van der Waals surface area (Å²) in [5, 5.41) is 2.98. The van der Waals surface area contributed by atoms with Crippen LogP contribution in [0.15, 0.2) is 0 Å². The Labute approximate surface area is 118 Å². The number of carbonyl (C=O) groups is 1. The van der Waals surface area contributed by atoms with Crippen LogP contribution in [0.4, 0.5) is 0 Å². The molecule has 1 aliphatic rings. The number of hydrogen-bond donors (Lipinski definition) is 2. The van der Waals surface area contributed by atoms with Gasteiger partial charge in [-0.3, -0.25) is 9.69 Å². The Balaban J connectivity index is 2.31. The molecule has 0 aromatic rings. The number of hydrogen-bond acceptors (Lipinski definition) is 3. The Morgan fingerprint density at radius 3 is 2.68 bits per heavy atom. The number of likely N-dealkylation sites (tertiary alicyclic amines) is 1. The third kappa shape index (κ3) is 5.11. The van der Waals surface area contributed by atoms with Crippen LogP contribution in [0.3, 0.4) is 0 Å². The predicted molar refractivity (Wildman–Crippen MR) is 79.9 cm³/mol. The van der Waals surface area contributed by atoms with E-state index in [1.807, 2.05) is 20.8 Å². The Morgan fingerprint density at radius 2 is 2.11 bits per heavy atom.